The molecule has 0 unspecified atom stereocenters. The standard InChI is InChI=1S/C16H16BrN3O3/c1-10-5-3-4-6-13(10)19-16(22)20-18-9-11-7-15(23-2)14(21)8-12(11)17/h3-9,21H,1-2H3,(H2,19,20,22)/b18-9+. The van der Waals surface area contributed by atoms with E-state index in [0.29, 0.717) is 21.5 Å². The quantitative estimate of drug-likeness (QED) is 0.561. The SMILES string of the molecule is COc1cc(/C=N/NC(=O)Nc2ccccc2C)c(Br)cc1O. The topological polar surface area (TPSA) is 83.0 Å². The minimum Gasteiger partial charge on any atom is -0.504 e. The summed E-state index contributed by atoms with van der Waals surface area (Å²) >= 11 is 3.31. The van der Waals surface area contributed by atoms with Crippen LogP contribution in [0.5, 0.6) is 11.5 Å². The van der Waals surface area contributed by atoms with Crippen molar-refractivity contribution in [1.82, 2.24) is 5.43 Å². The molecular formula is C16H16BrN3O3. The number of urea groups is 1. The van der Waals surface area contributed by atoms with Crippen LogP contribution in [0.3, 0.4) is 0 Å². The molecule has 0 atom stereocenters. The number of aromatic hydroxyl groups is 1. The van der Waals surface area contributed by atoms with E-state index in [1.807, 2.05) is 25.1 Å². The summed E-state index contributed by atoms with van der Waals surface area (Å²) in [6, 6.07) is 10.1. The van der Waals surface area contributed by atoms with Gasteiger partial charge in [0.05, 0.1) is 13.3 Å². The van der Waals surface area contributed by atoms with E-state index < -0.39 is 6.03 Å². The van der Waals surface area contributed by atoms with Crippen molar-refractivity contribution in [3.8, 4) is 11.5 Å². The first-order valence-corrected chi connectivity index (χ1v) is 7.52. The molecule has 0 saturated carbocycles. The van der Waals surface area contributed by atoms with Gasteiger partial charge in [-0.1, -0.05) is 18.2 Å². The van der Waals surface area contributed by atoms with Crippen molar-refractivity contribution in [2.75, 3.05) is 12.4 Å². The smallest absolute Gasteiger partial charge is 0.339 e. The highest BCUT2D eigenvalue weighted by molar-refractivity contribution is 9.10. The lowest BCUT2D eigenvalue weighted by molar-refractivity contribution is 0.252. The van der Waals surface area contributed by atoms with Crippen LogP contribution in [0.1, 0.15) is 11.1 Å². The number of carbonyl (C=O) groups excluding carboxylic acids is 1. The van der Waals surface area contributed by atoms with Crippen LogP contribution in [0, 0.1) is 6.92 Å². The Morgan fingerprint density at radius 1 is 1.35 bits per heavy atom. The largest absolute Gasteiger partial charge is 0.504 e. The van der Waals surface area contributed by atoms with Gasteiger partial charge in [0.2, 0.25) is 0 Å². The lowest BCUT2D eigenvalue weighted by Crippen LogP contribution is -2.24. The summed E-state index contributed by atoms with van der Waals surface area (Å²) in [6.07, 6.45) is 1.45. The molecule has 2 aromatic rings. The fourth-order valence-corrected chi connectivity index (χ4v) is 2.28. The first kappa shape index (κ1) is 16.8. The van der Waals surface area contributed by atoms with Crippen LogP contribution in [0.15, 0.2) is 46.0 Å². The van der Waals surface area contributed by atoms with E-state index in [-0.39, 0.29) is 5.75 Å². The second-order valence-corrected chi connectivity index (χ2v) is 5.54. The predicted octanol–water partition coefficient (Wildman–Crippen LogP) is 3.63. The Morgan fingerprint density at radius 2 is 2.09 bits per heavy atom. The molecule has 2 rings (SSSR count). The number of anilines is 1. The molecule has 0 aromatic heterocycles. The van der Waals surface area contributed by atoms with E-state index >= 15 is 0 Å². The van der Waals surface area contributed by atoms with Gasteiger partial charge < -0.3 is 15.2 Å². The number of methoxy groups -OCH3 is 1. The Hall–Kier alpha value is -2.54. The van der Waals surface area contributed by atoms with Crippen molar-refractivity contribution >= 4 is 33.9 Å². The Labute approximate surface area is 142 Å². The minimum atomic E-state index is -0.447. The molecule has 0 radical (unpaired) electrons. The van der Waals surface area contributed by atoms with Gasteiger partial charge in [-0.05, 0) is 46.6 Å². The first-order chi connectivity index (χ1) is 11.0. The molecule has 7 heteroatoms. The van der Waals surface area contributed by atoms with Crippen LogP contribution in [0.25, 0.3) is 0 Å². The zero-order chi connectivity index (χ0) is 16.8. The highest BCUT2D eigenvalue weighted by Crippen LogP contribution is 2.31. The highest BCUT2D eigenvalue weighted by Gasteiger charge is 2.07. The van der Waals surface area contributed by atoms with E-state index in [1.54, 1.807) is 12.1 Å². The Kier molecular flexibility index (Phi) is 5.59. The molecule has 0 fully saturated rings. The van der Waals surface area contributed by atoms with E-state index in [1.165, 1.54) is 19.4 Å². The molecule has 6 nitrogen and oxygen atoms in total. The van der Waals surface area contributed by atoms with Crippen molar-refractivity contribution < 1.29 is 14.6 Å². The molecule has 0 aliphatic rings. The molecule has 0 aliphatic heterocycles. The average molecular weight is 378 g/mol. The summed E-state index contributed by atoms with van der Waals surface area (Å²) < 4.78 is 5.65. The van der Waals surface area contributed by atoms with Crippen LogP contribution in [-0.4, -0.2) is 24.5 Å². The third-order valence-electron chi connectivity index (χ3n) is 3.06. The number of phenolic OH excluding ortho intramolecular Hbond substituents is 1. The van der Waals surface area contributed by atoms with Gasteiger partial charge in [-0.3, -0.25) is 0 Å². The number of nitrogens with zero attached hydrogens (tertiary/aromatic N) is 1. The van der Waals surface area contributed by atoms with Crippen LogP contribution < -0.4 is 15.5 Å². The number of phenols is 1. The molecule has 0 aliphatic carbocycles. The highest BCUT2D eigenvalue weighted by atomic mass is 79.9. The molecule has 0 saturated heterocycles. The zero-order valence-electron chi connectivity index (χ0n) is 12.6. The van der Waals surface area contributed by atoms with Crippen molar-refractivity contribution in [1.29, 1.82) is 0 Å². The number of halogens is 1. The van der Waals surface area contributed by atoms with E-state index in [4.69, 9.17) is 4.74 Å². The number of hydrogen-bond acceptors (Lipinski definition) is 4. The second kappa shape index (κ2) is 7.64. The fraction of sp³-hybridized carbons (Fsp3) is 0.125. The summed E-state index contributed by atoms with van der Waals surface area (Å²) in [4.78, 5) is 11.8. The fourth-order valence-electron chi connectivity index (χ4n) is 1.84. The number of benzene rings is 2. The van der Waals surface area contributed by atoms with Crippen LogP contribution in [0.4, 0.5) is 10.5 Å². The molecule has 0 spiro atoms. The number of hydrogen-bond donors (Lipinski definition) is 3. The van der Waals surface area contributed by atoms with Gasteiger partial charge in [-0.15, -0.1) is 0 Å². The molecule has 3 N–H and O–H groups in total. The van der Waals surface area contributed by atoms with Crippen LogP contribution in [0.2, 0.25) is 0 Å². The summed E-state index contributed by atoms with van der Waals surface area (Å²) in [7, 11) is 1.46. The number of para-hydroxylation sites is 1. The van der Waals surface area contributed by atoms with Gasteiger partial charge in [-0.2, -0.15) is 5.10 Å². The molecule has 23 heavy (non-hydrogen) atoms. The Bertz CT molecular complexity index is 747. The third-order valence-corrected chi connectivity index (χ3v) is 3.75. The summed E-state index contributed by atoms with van der Waals surface area (Å²) in [5.41, 5.74) is 4.70. The number of amides is 2. The number of aryl methyl sites for hydroxylation is 1. The van der Waals surface area contributed by atoms with E-state index in [0.717, 1.165) is 5.56 Å². The van der Waals surface area contributed by atoms with Gasteiger partial charge >= 0.3 is 6.03 Å². The first-order valence-electron chi connectivity index (χ1n) is 6.73. The summed E-state index contributed by atoms with van der Waals surface area (Å²) in [5, 5.41) is 16.2. The summed E-state index contributed by atoms with van der Waals surface area (Å²) in [6.45, 7) is 1.90. The second-order valence-electron chi connectivity index (χ2n) is 4.68. The van der Waals surface area contributed by atoms with Crippen molar-refractivity contribution in [3.63, 3.8) is 0 Å². The third kappa shape index (κ3) is 4.46. The zero-order valence-corrected chi connectivity index (χ0v) is 14.2. The number of ether oxygens (including phenoxy) is 1. The molecule has 120 valence electrons. The van der Waals surface area contributed by atoms with Gasteiger partial charge in [0, 0.05) is 15.7 Å². The number of nitrogens with one attached hydrogen (secondary N) is 2. The normalized spacial score (nSPS) is 10.6. The lowest BCUT2D eigenvalue weighted by Gasteiger charge is -2.07. The lowest BCUT2D eigenvalue weighted by atomic mass is 10.2. The van der Waals surface area contributed by atoms with E-state index in [9.17, 15) is 9.90 Å². The van der Waals surface area contributed by atoms with Crippen molar-refractivity contribution in [2.45, 2.75) is 6.92 Å². The van der Waals surface area contributed by atoms with Crippen LogP contribution in [-0.2, 0) is 0 Å². The number of carbonyl (C=O) groups is 1. The predicted molar refractivity (Wildman–Crippen MR) is 93.3 cm³/mol. The monoisotopic (exact) mass is 377 g/mol. The maximum Gasteiger partial charge on any atom is 0.339 e. The van der Waals surface area contributed by atoms with Gasteiger partial charge in [0.15, 0.2) is 11.5 Å². The number of rotatable bonds is 4. The van der Waals surface area contributed by atoms with Crippen molar-refractivity contribution in [3.05, 3.63) is 52.0 Å². The molecule has 0 bridgehead atoms. The van der Waals surface area contributed by atoms with E-state index in [2.05, 4.69) is 31.8 Å². The van der Waals surface area contributed by atoms with Gasteiger partial charge in [0.1, 0.15) is 0 Å². The minimum absolute atomic E-state index is 0.0155. The van der Waals surface area contributed by atoms with Crippen LogP contribution >= 0.6 is 15.9 Å². The molecule has 0 heterocycles. The molecule has 2 aromatic carbocycles. The maximum atomic E-state index is 11.8. The average Bonchev–Trinajstić information content (AvgIpc) is 2.51. The Balaban J connectivity index is 2.02. The van der Waals surface area contributed by atoms with Gasteiger partial charge in [0.25, 0.3) is 0 Å². The Morgan fingerprint density at radius 3 is 2.78 bits per heavy atom. The maximum absolute atomic E-state index is 11.8. The molecular weight excluding hydrogens is 362 g/mol. The summed E-state index contributed by atoms with van der Waals surface area (Å²) in [5.74, 6) is 0.334. The van der Waals surface area contributed by atoms with Crippen molar-refractivity contribution in [2.24, 2.45) is 5.10 Å². The molecule has 2 amide bonds. The van der Waals surface area contributed by atoms with Gasteiger partial charge in [-0.25, -0.2) is 10.2 Å². The number of hydrazone groups is 1.